The molecular formula is C19H27ClFN3O3. The molecule has 2 amide bonds. The minimum Gasteiger partial charge on any atom is -0.384 e. The van der Waals surface area contributed by atoms with Crippen LogP contribution in [0, 0.1) is 11.2 Å². The highest BCUT2D eigenvalue weighted by Crippen LogP contribution is 2.32. The Labute approximate surface area is 165 Å². The van der Waals surface area contributed by atoms with Gasteiger partial charge in [-0.3, -0.25) is 9.59 Å². The maximum absolute atomic E-state index is 13.3. The highest BCUT2D eigenvalue weighted by molar-refractivity contribution is 5.94. The van der Waals surface area contributed by atoms with Crippen molar-refractivity contribution in [1.82, 2.24) is 15.1 Å². The summed E-state index contributed by atoms with van der Waals surface area (Å²) in [6.07, 6.45) is 1.53. The van der Waals surface area contributed by atoms with Crippen LogP contribution < -0.4 is 5.32 Å². The molecule has 2 aliphatic heterocycles. The third-order valence-corrected chi connectivity index (χ3v) is 5.36. The van der Waals surface area contributed by atoms with Crippen LogP contribution in [0.25, 0.3) is 0 Å². The molecule has 6 nitrogen and oxygen atoms in total. The van der Waals surface area contributed by atoms with Crippen molar-refractivity contribution in [2.24, 2.45) is 5.41 Å². The highest BCUT2D eigenvalue weighted by atomic mass is 35.5. The number of nitrogens with zero attached hydrogens (tertiary/aromatic N) is 2. The van der Waals surface area contributed by atoms with Crippen LogP contribution in [0.1, 0.15) is 23.2 Å². The fraction of sp³-hybridized carbons (Fsp3) is 0.579. The van der Waals surface area contributed by atoms with Gasteiger partial charge in [-0.15, -0.1) is 12.4 Å². The molecule has 150 valence electrons. The summed E-state index contributed by atoms with van der Waals surface area (Å²) in [7, 11) is 1.63. The van der Waals surface area contributed by atoms with Gasteiger partial charge in [0.05, 0.1) is 12.0 Å². The Balaban J connectivity index is 0.00000261. The van der Waals surface area contributed by atoms with Gasteiger partial charge in [-0.25, -0.2) is 4.39 Å². The number of piperazine rings is 1. The first-order valence-corrected chi connectivity index (χ1v) is 9.10. The molecule has 1 aromatic rings. The van der Waals surface area contributed by atoms with E-state index in [2.05, 4.69) is 5.32 Å². The molecule has 8 heteroatoms. The van der Waals surface area contributed by atoms with Crippen LogP contribution in [0.2, 0.25) is 0 Å². The molecule has 1 aromatic carbocycles. The third-order valence-electron chi connectivity index (χ3n) is 5.36. The zero-order chi connectivity index (χ0) is 18.6. The zero-order valence-electron chi connectivity index (χ0n) is 15.6. The van der Waals surface area contributed by atoms with Crippen LogP contribution in [-0.4, -0.2) is 74.6 Å². The molecule has 0 spiro atoms. The molecule has 0 aliphatic carbocycles. The van der Waals surface area contributed by atoms with Crippen molar-refractivity contribution in [3.63, 3.8) is 0 Å². The first kappa shape index (κ1) is 21.6. The van der Waals surface area contributed by atoms with Gasteiger partial charge in [0, 0.05) is 38.9 Å². The van der Waals surface area contributed by atoms with Crippen LogP contribution >= 0.6 is 12.4 Å². The number of carbonyl (C=O) groups excluding carboxylic acids is 2. The van der Waals surface area contributed by atoms with E-state index in [0.717, 1.165) is 25.9 Å². The van der Waals surface area contributed by atoms with E-state index in [1.807, 2.05) is 4.90 Å². The van der Waals surface area contributed by atoms with Gasteiger partial charge in [0.2, 0.25) is 5.91 Å². The van der Waals surface area contributed by atoms with Gasteiger partial charge in [0.1, 0.15) is 5.82 Å². The minimum absolute atomic E-state index is 0. The van der Waals surface area contributed by atoms with E-state index in [0.29, 0.717) is 38.3 Å². The molecule has 27 heavy (non-hydrogen) atoms. The lowest BCUT2D eigenvalue weighted by Gasteiger charge is -2.42. The fourth-order valence-electron chi connectivity index (χ4n) is 3.85. The molecule has 2 aliphatic rings. The van der Waals surface area contributed by atoms with Gasteiger partial charge < -0.3 is 19.9 Å². The largest absolute Gasteiger partial charge is 0.384 e. The first-order valence-electron chi connectivity index (χ1n) is 9.10. The zero-order valence-corrected chi connectivity index (χ0v) is 16.4. The molecule has 3 rings (SSSR count). The molecule has 2 heterocycles. The van der Waals surface area contributed by atoms with Gasteiger partial charge in [-0.1, -0.05) is 6.07 Å². The van der Waals surface area contributed by atoms with Crippen LogP contribution in [0.5, 0.6) is 0 Å². The smallest absolute Gasteiger partial charge is 0.254 e. The summed E-state index contributed by atoms with van der Waals surface area (Å²) in [4.78, 5) is 29.2. The molecule has 0 atom stereocenters. The van der Waals surface area contributed by atoms with Crippen molar-refractivity contribution in [2.75, 3.05) is 53.0 Å². The second-order valence-electron chi connectivity index (χ2n) is 7.06. The summed E-state index contributed by atoms with van der Waals surface area (Å²) in [6, 6.07) is 5.73. The fourth-order valence-corrected chi connectivity index (χ4v) is 3.85. The van der Waals surface area contributed by atoms with Gasteiger partial charge in [-0.05, 0) is 44.1 Å². The summed E-state index contributed by atoms with van der Waals surface area (Å²) in [5.74, 6) is -0.485. The van der Waals surface area contributed by atoms with Crippen LogP contribution in [-0.2, 0) is 9.53 Å². The molecular weight excluding hydrogens is 373 g/mol. The van der Waals surface area contributed by atoms with Gasteiger partial charge in [-0.2, -0.15) is 0 Å². The number of amides is 2. The number of piperidine rings is 1. The highest BCUT2D eigenvalue weighted by Gasteiger charge is 2.43. The molecule has 0 saturated carbocycles. The molecule has 0 aromatic heterocycles. The molecule has 0 bridgehead atoms. The summed E-state index contributed by atoms with van der Waals surface area (Å²) >= 11 is 0. The Bertz CT molecular complexity index is 654. The number of ether oxygens (including phenoxy) is 1. The quantitative estimate of drug-likeness (QED) is 0.834. The standard InChI is InChI=1S/C19H26FN3O3.ClH/c1-26-14-19(5-7-21-8-6-19)18(25)23-11-9-22(10-12-23)17(24)15-3-2-4-16(20)13-15;/h2-4,13,21H,5-12,14H2,1H3;1H. The lowest BCUT2D eigenvalue weighted by atomic mass is 9.78. The van der Waals surface area contributed by atoms with Crippen molar-refractivity contribution in [3.8, 4) is 0 Å². The number of methoxy groups -OCH3 is 1. The predicted octanol–water partition coefficient (Wildman–Crippen LogP) is 1.55. The number of nitrogens with one attached hydrogen (secondary N) is 1. The SMILES string of the molecule is COCC1(C(=O)N2CCN(C(=O)c3cccc(F)c3)CC2)CCNCC1.Cl. The molecule has 2 saturated heterocycles. The summed E-state index contributed by atoms with van der Waals surface area (Å²) < 4.78 is 18.7. The van der Waals surface area contributed by atoms with Gasteiger partial charge in [0.25, 0.3) is 5.91 Å². The van der Waals surface area contributed by atoms with Crippen molar-refractivity contribution in [3.05, 3.63) is 35.6 Å². The van der Waals surface area contributed by atoms with E-state index in [4.69, 9.17) is 4.74 Å². The van der Waals surface area contributed by atoms with E-state index in [1.165, 1.54) is 18.2 Å². The Morgan fingerprint density at radius 3 is 2.37 bits per heavy atom. The van der Waals surface area contributed by atoms with Crippen molar-refractivity contribution < 1.29 is 18.7 Å². The summed E-state index contributed by atoms with van der Waals surface area (Å²) in [5, 5.41) is 3.29. The van der Waals surface area contributed by atoms with E-state index in [1.54, 1.807) is 18.1 Å². The van der Waals surface area contributed by atoms with Crippen molar-refractivity contribution >= 4 is 24.2 Å². The lowest BCUT2D eigenvalue weighted by molar-refractivity contribution is -0.149. The Hall–Kier alpha value is -1.70. The first-order chi connectivity index (χ1) is 12.6. The Kier molecular flexibility index (Phi) is 7.59. The number of carbonyl (C=O) groups is 2. The molecule has 1 N–H and O–H groups in total. The monoisotopic (exact) mass is 399 g/mol. The lowest BCUT2D eigenvalue weighted by Crippen LogP contribution is -2.57. The summed E-state index contributed by atoms with van der Waals surface area (Å²) in [5.41, 5.74) is -0.117. The normalized spacial score (nSPS) is 19.3. The van der Waals surface area contributed by atoms with Gasteiger partial charge in [0.15, 0.2) is 0 Å². The van der Waals surface area contributed by atoms with E-state index >= 15 is 0 Å². The van der Waals surface area contributed by atoms with E-state index in [9.17, 15) is 14.0 Å². The molecule has 0 unspecified atom stereocenters. The van der Waals surface area contributed by atoms with Crippen molar-refractivity contribution in [1.29, 1.82) is 0 Å². The number of benzene rings is 1. The topological polar surface area (TPSA) is 61.9 Å². The number of hydrogen-bond acceptors (Lipinski definition) is 4. The second kappa shape index (κ2) is 9.48. The molecule has 0 radical (unpaired) electrons. The van der Waals surface area contributed by atoms with Crippen LogP contribution in [0.3, 0.4) is 0 Å². The minimum atomic E-state index is -0.464. The average molecular weight is 400 g/mol. The summed E-state index contributed by atoms with van der Waals surface area (Å²) in [6.45, 7) is 3.97. The number of halogens is 2. The number of hydrogen-bond donors (Lipinski definition) is 1. The van der Waals surface area contributed by atoms with E-state index in [-0.39, 0.29) is 24.2 Å². The van der Waals surface area contributed by atoms with Crippen LogP contribution in [0.4, 0.5) is 4.39 Å². The van der Waals surface area contributed by atoms with Crippen molar-refractivity contribution in [2.45, 2.75) is 12.8 Å². The molecule has 2 fully saturated rings. The Morgan fingerprint density at radius 1 is 1.15 bits per heavy atom. The maximum atomic E-state index is 13.3. The Morgan fingerprint density at radius 2 is 1.78 bits per heavy atom. The van der Waals surface area contributed by atoms with Crippen LogP contribution in [0.15, 0.2) is 24.3 Å². The second-order valence-corrected chi connectivity index (χ2v) is 7.06. The van der Waals surface area contributed by atoms with Gasteiger partial charge >= 0.3 is 0 Å². The van der Waals surface area contributed by atoms with E-state index < -0.39 is 11.2 Å². The predicted molar refractivity (Wildman–Crippen MR) is 103 cm³/mol. The maximum Gasteiger partial charge on any atom is 0.254 e. The average Bonchev–Trinajstić information content (AvgIpc) is 2.68. The number of rotatable bonds is 4. The third kappa shape index (κ3) is 4.78.